The number of carbonyl (C=O) groups is 1. The van der Waals surface area contributed by atoms with Crippen molar-refractivity contribution in [1.29, 1.82) is 0 Å². The Morgan fingerprint density at radius 1 is 0.778 bits per heavy atom. The van der Waals surface area contributed by atoms with Crippen LogP contribution in [0, 0.1) is 0 Å². The van der Waals surface area contributed by atoms with Gasteiger partial charge in [-0.2, -0.15) is 0 Å². The molecule has 0 aromatic rings. The van der Waals surface area contributed by atoms with Crippen LogP contribution < -0.4 is 5.32 Å². The van der Waals surface area contributed by atoms with Gasteiger partial charge < -0.3 is 40.3 Å². The number of amides is 1. The Morgan fingerprint density at radius 2 is 1.38 bits per heavy atom. The molecule has 1 rings (SSSR count). The van der Waals surface area contributed by atoms with Crippen LogP contribution in [0.25, 0.3) is 0 Å². The third-order valence-electron chi connectivity index (χ3n) is 7.60. The maximum Gasteiger partial charge on any atom is 0.220 e. The lowest BCUT2D eigenvalue weighted by molar-refractivity contribution is -0.302. The third kappa shape index (κ3) is 19.2. The first kappa shape index (κ1) is 40.9. The van der Waals surface area contributed by atoms with E-state index < -0.39 is 49.5 Å². The van der Waals surface area contributed by atoms with Gasteiger partial charge in [-0.05, 0) is 57.8 Å². The molecule has 6 N–H and O–H groups in total. The first-order chi connectivity index (χ1) is 21.8. The van der Waals surface area contributed by atoms with E-state index in [1.54, 1.807) is 6.08 Å². The molecular formula is C36H61NO8. The highest BCUT2D eigenvalue weighted by molar-refractivity contribution is 5.76. The summed E-state index contributed by atoms with van der Waals surface area (Å²) in [5.74, 6) is -0.227. The van der Waals surface area contributed by atoms with Gasteiger partial charge in [0.25, 0.3) is 0 Å². The van der Waals surface area contributed by atoms with Crippen LogP contribution in [-0.2, 0) is 14.3 Å². The zero-order valence-corrected chi connectivity index (χ0v) is 27.6. The molecule has 0 aromatic heterocycles. The summed E-state index contributed by atoms with van der Waals surface area (Å²) in [6, 6.07) is -0.824. The number of aliphatic hydroxyl groups excluding tert-OH is 5. The maximum absolute atomic E-state index is 12.8. The fourth-order valence-corrected chi connectivity index (χ4v) is 4.79. The van der Waals surface area contributed by atoms with Crippen molar-refractivity contribution < 1.29 is 39.8 Å². The molecule has 0 aromatic carbocycles. The summed E-state index contributed by atoms with van der Waals surface area (Å²) in [5.41, 5.74) is 0. The van der Waals surface area contributed by atoms with Crippen molar-refractivity contribution >= 4 is 5.91 Å². The van der Waals surface area contributed by atoms with Gasteiger partial charge in [0.1, 0.15) is 24.4 Å². The highest BCUT2D eigenvalue weighted by Crippen LogP contribution is 2.22. The van der Waals surface area contributed by atoms with Crippen LogP contribution in [0.15, 0.2) is 60.8 Å². The fraction of sp³-hybridized carbons (Fsp3) is 0.694. The van der Waals surface area contributed by atoms with Crippen LogP contribution in [-0.4, -0.2) is 87.5 Å². The Balaban J connectivity index is 2.51. The Kier molecular flexibility index (Phi) is 24.6. The summed E-state index contributed by atoms with van der Waals surface area (Å²) in [7, 11) is 0. The summed E-state index contributed by atoms with van der Waals surface area (Å²) in [5, 5.41) is 53.5. The molecule has 1 amide bonds. The molecule has 1 heterocycles. The van der Waals surface area contributed by atoms with Crippen LogP contribution in [0.2, 0.25) is 0 Å². The summed E-state index contributed by atoms with van der Waals surface area (Å²) >= 11 is 0. The molecule has 9 nitrogen and oxygen atoms in total. The molecule has 7 atom stereocenters. The normalized spacial score (nSPS) is 24.1. The van der Waals surface area contributed by atoms with Crippen molar-refractivity contribution in [2.75, 3.05) is 13.2 Å². The first-order valence-electron chi connectivity index (χ1n) is 17.0. The van der Waals surface area contributed by atoms with Crippen LogP contribution in [0.4, 0.5) is 0 Å². The summed E-state index contributed by atoms with van der Waals surface area (Å²) in [4.78, 5) is 12.8. The van der Waals surface area contributed by atoms with Crippen LogP contribution in [0.5, 0.6) is 0 Å². The lowest BCUT2D eigenvalue weighted by Gasteiger charge is -2.40. The molecule has 7 unspecified atom stereocenters. The van der Waals surface area contributed by atoms with Crippen LogP contribution in [0.1, 0.15) is 104 Å². The van der Waals surface area contributed by atoms with E-state index in [2.05, 4.69) is 67.8 Å². The van der Waals surface area contributed by atoms with E-state index in [0.29, 0.717) is 6.42 Å². The summed E-state index contributed by atoms with van der Waals surface area (Å²) in [6.45, 7) is 3.51. The second-order valence-electron chi connectivity index (χ2n) is 11.6. The number of hydrogen-bond acceptors (Lipinski definition) is 8. The van der Waals surface area contributed by atoms with Crippen molar-refractivity contribution in [1.82, 2.24) is 5.32 Å². The standard InChI is InChI=1S/C36H61NO8/c1-3-5-7-9-11-12-13-14-15-16-17-18-20-22-24-26-32(40)37-29(30(39)25-23-21-19-10-8-6-4-2)28-44-36-35(43)34(42)33(41)31(27-38)45-36/h5,7,11-12,14-15,17-18,23,25,29-31,33-36,38-39,41-43H,3-4,6,8-10,13,16,19-22,24,26-28H2,1-2H3,(H,37,40)/b7-5-,12-11-,15-14-,18-17-,25-23+. The van der Waals surface area contributed by atoms with Gasteiger partial charge in [-0.25, -0.2) is 0 Å². The molecule has 1 aliphatic rings. The van der Waals surface area contributed by atoms with Gasteiger partial charge in [0.05, 0.1) is 25.4 Å². The molecule has 0 spiro atoms. The van der Waals surface area contributed by atoms with Crippen LogP contribution >= 0.6 is 0 Å². The van der Waals surface area contributed by atoms with Crippen molar-refractivity contribution in [3.63, 3.8) is 0 Å². The smallest absolute Gasteiger partial charge is 0.220 e. The molecular weight excluding hydrogens is 574 g/mol. The first-order valence-corrected chi connectivity index (χ1v) is 17.0. The van der Waals surface area contributed by atoms with E-state index in [4.69, 9.17) is 9.47 Å². The average molecular weight is 636 g/mol. The van der Waals surface area contributed by atoms with Crippen LogP contribution in [0.3, 0.4) is 0 Å². The minimum atomic E-state index is -1.57. The van der Waals surface area contributed by atoms with E-state index in [1.165, 1.54) is 19.3 Å². The Hall–Kier alpha value is -2.11. The number of ether oxygens (including phenoxy) is 2. The minimum absolute atomic E-state index is 0.210. The molecule has 9 heteroatoms. The van der Waals surface area contributed by atoms with Gasteiger partial charge in [-0.15, -0.1) is 0 Å². The van der Waals surface area contributed by atoms with E-state index in [0.717, 1.165) is 57.8 Å². The van der Waals surface area contributed by atoms with E-state index >= 15 is 0 Å². The van der Waals surface area contributed by atoms with Gasteiger partial charge in [-0.3, -0.25) is 4.79 Å². The predicted octanol–water partition coefficient (Wildman–Crippen LogP) is 4.93. The molecule has 1 saturated heterocycles. The Labute approximate surface area is 271 Å². The van der Waals surface area contributed by atoms with Gasteiger partial charge >= 0.3 is 0 Å². The number of aliphatic hydroxyl groups is 5. The highest BCUT2D eigenvalue weighted by Gasteiger charge is 2.44. The van der Waals surface area contributed by atoms with Crippen molar-refractivity contribution in [3.8, 4) is 0 Å². The van der Waals surface area contributed by atoms with Gasteiger partial charge in [0.2, 0.25) is 5.91 Å². The SMILES string of the molecule is CC/C=C\C/C=C\C/C=C\C/C=C\CCCCC(=O)NC(COC1OC(CO)C(O)C(O)C1O)C(O)/C=C/CCCCCCC. The maximum atomic E-state index is 12.8. The lowest BCUT2D eigenvalue weighted by atomic mass is 9.99. The molecule has 0 bridgehead atoms. The topological polar surface area (TPSA) is 149 Å². The molecule has 0 aliphatic carbocycles. The number of nitrogens with one attached hydrogen (secondary N) is 1. The fourth-order valence-electron chi connectivity index (χ4n) is 4.79. The average Bonchev–Trinajstić information content (AvgIpc) is 3.04. The second-order valence-corrected chi connectivity index (χ2v) is 11.6. The molecule has 258 valence electrons. The van der Waals surface area contributed by atoms with Gasteiger partial charge in [0, 0.05) is 6.42 Å². The summed E-state index contributed by atoms with van der Waals surface area (Å²) in [6.07, 6.45) is 25.7. The Bertz CT molecular complexity index is 884. The highest BCUT2D eigenvalue weighted by atomic mass is 16.7. The monoisotopic (exact) mass is 635 g/mol. The van der Waals surface area contributed by atoms with E-state index in [9.17, 15) is 30.3 Å². The number of hydrogen-bond donors (Lipinski definition) is 6. The summed E-state index contributed by atoms with van der Waals surface area (Å²) < 4.78 is 11.1. The van der Waals surface area contributed by atoms with E-state index in [1.807, 2.05) is 6.08 Å². The number of rotatable bonds is 25. The zero-order chi connectivity index (χ0) is 33.1. The lowest BCUT2D eigenvalue weighted by Crippen LogP contribution is -2.60. The third-order valence-corrected chi connectivity index (χ3v) is 7.60. The number of unbranched alkanes of at least 4 members (excludes halogenated alkanes) is 7. The van der Waals surface area contributed by atoms with Crippen molar-refractivity contribution in [2.24, 2.45) is 0 Å². The molecule has 0 saturated carbocycles. The number of carbonyl (C=O) groups excluding carboxylic acids is 1. The molecule has 45 heavy (non-hydrogen) atoms. The van der Waals surface area contributed by atoms with E-state index in [-0.39, 0.29) is 18.9 Å². The van der Waals surface area contributed by atoms with Gasteiger partial charge in [0.15, 0.2) is 6.29 Å². The van der Waals surface area contributed by atoms with Crippen molar-refractivity contribution in [3.05, 3.63) is 60.8 Å². The second kappa shape index (κ2) is 27.0. The molecule has 1 aliphatic heterocycles. The Morgan fingerprint density at radius 3 is 2.02 bits per heavy atom. The van der Waals surface area contributed by atoms with Crippen molar-refractivity contribution in [2.45, 2.75) is 147 Å². The van der Waals surface area contributed by atoms with Gasteiger partial charge in [-0.1, -0.05) is 100 Å². The minimum Gasteiger partial charge on any atom is -0.394 e. The largest absolute Gasteiger partial charge is 0.394 e. The predicted molar refractivity (Wildman–Crippen MR) is 179 cm³/mol. The molecule has 0 radical (unpaired) electrons. The molecule has 1 fully saturated rings. The zero-order valence-electron chi connectivity index (χ0n) is 27.6. The quantitative estimate of drug-likeness (QED) is 0.0611. The number of allylic oxidation sites excluding steroid dienone is 9.